The van der Waals surface area contributed by atoms with Crippen LogP contribution in [-0.2, 0) is 6.54 Å². The Morgan fingerprint density at radius 3 is 2.39 bits per heavy atom. The minimum Gasteiger partial charge on any atom is -0.336 e. The molecular formula is C21H22FN5O. The average Bonchev–Trinajstić information content (AvgIpc) is 3.11. The molecule has 28 heavy (non-hydrogen) atoms. The molecule has 144 valence electrons. The van der Waals surface area contributed by atoms with Crippen LogP contribution in [0.4, 0.5) is 4.39 Å². The number of carbonyl (C=O) groups excluding carboxylic acids is 1. The first-order valence-corrected chi connectivity index (χ1v) is 9.33. The predicted octanol–water partition coefficient (Wildman–Crippen LogP) is 2.67. The van der Waals surface area contributed by atoms with Crippen LogP contribution in [-0.4, -0.2) is 56.7 Å². The van der Waals surface area contributed by atoms with Crippen LogP contribution >= 0.6 is 0 Å². The molecule has 2 aromatic heterocycles. The summed E-state index contributed by atoms with van der Waals surface area (Å²) in [6.07, 6.45) is 5.21. The van der Waals surface area contributed by atoms with E-state index in [-0.39, 0.29) is 11.7 Å². The molecule has 1 aliphatic rings. The quantitative estimate of drug-likeness (QED) is 0.699. The molecule has 0 saturated carbocycles. The summed E-state index contributed by atoms with van der Waals surface area (Å²) < 4.78 is 14.8. The molecule has 4 rings (SSSR count). The number of nitrogens with zero attached hydrogens (tertiary/aromatic N) is 5. The number of rotatable bonds is 4. The summed E-state index contributed by atoms with van der Waals surface area (Å²) in [6.45, 7) is 5.77. The molecule has 0 atom stereocenters. The number of amides is 1. The van der Waals surface area contributed by atoms with E-state index in [1.165, 1.54) is 17.7 Å². The number of aromatic nitrogens is 3. The third kappa shape index (κ3) is 3.80. The molecule has 1 aromatic carbocycles. The third-order valence-electron chi connectivity index (χ3n) is 5.13. The molecule has 0 spiro atoms. The topological polar surface area (TPSA) is 54.3 Å². The molecule has 0 aliphatic carbocycles. The van der Waals surface area contributed by atoms with Crippen molar-refractivity contribution in [3.8, 4) is 5.69 Å². The number of carbonyl (C=O) groups is 1. The minimum atomic E-state index is -0.297. The van der Waals surface area contributed by atoms with Crippen molar-refractivity contribution in [2.75, 3.05) is 26.2 Å². The predicted molar refractivity (Wildman–Crippen MR) is 104 cm³/mol. The fraction of sp³-hybridized carbons (Fsp3) is 0.286. The summed E-state index contributed by atoms with van der Waals surface area (Å²) in [5.74, 6) is -0.302. The lowest BCUT2D eigenvalue weighted by Crippen LogP contribution is -2.48. The second-order valence-corrected chi connectivity index (χ2v) is 6.96. The monoisotopic (exact) mass is 379 g/mol. The molecule has 7 heteroatoms. The zero-order chi connectivity index (χ0) is 19.5. The lowest BCUT2D eigenvalue weighted by molar-refractivity contribution is 0.0627. The van der Waals surface area contributed by atoms with Crippen molar-refractivity contribution in [3.63, 3.8) is 0 Å². The zero-order valence-corrected chi connectivity index (χ0v) is 15.8. The Labute approximate surface area is 163 Å². The molecule has 1 amide bonds. The van der Waals surface area contributed by atoms with Gasteiger partial charge >= 0.3 is 0 Å². The van der Waals surface area contributed by atoms with Crippen LogP contribution in [0.3, 0.4) is 0 Å². The number of hydrogen-bond donors (Lipinski definition) is 0. The maximum Gasteiger partial charge on any atom is 0.257 e. The lowest BCUT2D eigenvalue weighted by atomic mass is 10.2. The van der Waals surface area contributed by atoms with Gasteiger partial charge in [0.15, 0.2) is 0 Å². The molecule has 0 bridgehead atoms. The van der Waals surface area contributed by atoms with Gasteiger partial charge in [-0.3, -0.25) is 14.7 Å². The third-order valence-corrected chi connectivity index (χ3v) is 5.13. The van der Waals surface area contributed by atoms with Crippen LogP contribution in [0.1, 0.15) is 21.6 Å². The Morgan fingerprint density at radius 1 is 1.04 bits per heavy atom. The summed E-state index contributed by atoms with van der Waals surface area (Å²) in [6, 6.07) is 10.1. The number of pyridine rings is 1. The van der Waals surface area contributed by atoms with E-state index in [0.29, 0.717) is 18.7 Å². The highest BCUT2D eigenvalue weighted by Crippen LogP contribution is 2.18. The maximum atomic E-state index is 13.2. The van der Waals surface area contributed by atoms with Crippen molar-refractivity contribution in [2.24, 2.45) is 0 Å². The average molecular weight is 379 g/mol. The molecule has 6 nitrogen and oxygen atoms in total. The van der Waals surface area contributed by atoms with Crippen molar-refractivity contribution < 1.29 is 9.18 Å². The van der Waals surface area contributed by atoms with Crippen LogP contribution in [0.15, 0.2) is 55.0 Å². The normalized spacial score (nSPS) is 15.0. The Hall–Kier alpha value is -3.06. The highest BCUT2D eigenvalue weighted by molar-refractivity contribution is 5.95. The van der Waals surface area contributed by atoms with Gasteiger partial charge in [0.05, 0.1) is 23.1 Å². The van der Waals surface area contributed by atoms with E-state index in [1.807, 2.05) is 24.0 Å². The smallest absolute Gasteiger partial charge is 0.257 e. The molecular weight excluding hydrogens is 357 g/mol. The number of piperazine rings is 1. The van der Waals surface area contributed by atoms with E-state index in [4.69, 9.17) is 0 Å². The first-order valence-electron chi connectivity index (χ1n) is 9.33. The van der Waals surface area contributed by atoms with Crippen molar-refractivity contribution in [2.45, 2.75) is 13.5 Å². The van der Waals surface area contributed by atoms with Gasteiger partial charge in [0.2, 0.25) is 0 Å². The number of benzene rings is 1. The SMILES string of the molecule is Cc1c(C(=O)N2CCN(Cc3ccncc3)CC2)cnn1-c1ccc(F)cc1. The molecule has 0 radical (unpaired) electrons. The van der Waals surface area contributed by atoms with Gasteiger partial charge in [-0.15, -0.1) is 0 Å². The Kier molecular flexibility index (Phi) is 5.16. The van der Waals surface area contributed by atoms with E-state index in [1.54, 1.807) is 35.4 Å². The second-order valence-electron chi connectivity index (χ2n) is 6.96. The highest BCUT2D eigenvalue weighted by atomic mass is 19.1. The van der Waals surface area contributed by atoms with Gasteiger partial charge in [-0.05, 0) is 48.9 Å². The first kappa shape index (κ1) is 18.3. The van der Waals surface area contributed by atoms with Gasteiger partial charge in [-0.25, -0.2) is 9.07 Å². The summed E-state index contributed by atoms with van der Waals surface area (Å²) in [4.78, 5) is 21.2. The minimum absolute atomic E-state index is 0.00516. The fourth-order valence-corrected chi connectivity index (χ4v) is 3.49. The second kappa shape index (κ2) is 7.90. The molecule has 1 fully saturated rings. The molecule has 3 heterocycles. The van der Waals surface area contributed by atoms with Crippen molar-refractivity contribution in [1.29, 1.82) is 0 Å². The summed E-state index contributed by atoms with van der Waals surface area (Å²) in [5.41, 5.74) is 3.31. The van der Waals surface area contributed by atoms with Gasteiger partial charge in [0.1, 0.15) is 5.82 Å². The van der Waals surface area contributed by atoms with Crippen LogP contribution < -0.4 is 0 Å². The van der Waals surface area contributed by atoms with Gasteiger partial charge in [-0.1, -0.05) is 0 Å². The molecule has 3 aromatic rings. The van der Waals surface area contributed by atoms with E-state index < -0.39 is 0 Å². The van der Waals surface area contributed by atoms with Crippen molar-refractivity contribution >= 4 is 5.91 Å². The van der Waals surface area contributed by atoms with Crippen molar-refractivity contribution in [3.05, 3.63) is 77.6 Å². The standard InChI is InChI=1S/C21H22FN5O/c1-16-20(14-24-27(16)19-4-2-18(22)3-5-19)21(28)26-12-10-25(11-13-26)15-17-6-8-23-9-7-17/h2-9,14H,10-13,15H2,1H3. The summed E-state index contributed by atoms with van der Waals surface area (Å²) >= 11 is 0. The van der Waals surface area contributed by atoms with Crippen LogP contribution in [0.25, 0.3) is 5.69 Å². The van der Waals surface area contributed by atoms with Crippen molar-refractivity contribution in [1.82, 2.24) is 24.6 Å². The lowest BCUT2D eigenvalue weighted by Gasteiger charge is -2.34. The zero-order valence-electron chi connectivity index (χ0n) is 15.8. The Balaban J connectivity index is 1.41. The maximum absolute atomic E-state index is 13.2. The molecule has 0 unspecified atom stereocenters. The molecule has 1 saturated heterocycles. The largest absolute Gasteiger partial charge is 0.336 e. The van der Waals surface area contributed by atoms with E-state index in [9.17, 15) is 9.18 Å². The fourth-order valence-electron chi connectivity index (χ4n) is 3.49. The van der Waals surface area contributed by atoms with Crippen LogP contribution in [0.5, 0.6) is 0 Å². The molecule has 1 aliphatic heterocycles. The summed E-state index contributed by atoms with van der Waals surface area (Å²) in [5, 5.41) is 4.33. The molecule has 0 N–H and O–H groups in total. The van der Waals surface area contributed by atoms with Gasteiger partial charge in [0, 0.05) is 45.1 Å². The summed E-state index contributed by atoms with van der Waals surface area (Å²) in [7, 11) is 0. The Bertz CT molecular complexity index is 947. The highest BCUT2D eigenvalue weighted by Gasteiger charge is 2.25. The first-order chi connectivity index (χ1) is 13.6. The van der Waals surface area contributed by atoms with Crippen LogP contribution in [0.2, 0.25) is 0 Å². The van der Waals surface area contributed by atoms with E-state index in [2.05, 4.69) is 15.0 Å². The van der Waals surface area contributed by atoms with Crippen LogP contribution in [0, 0.1) is 12.7 Å². The Morgan fingerprint density at radius 2 is 1.71 bits per heavy atom. The number of hydrogen-bond acceptors (Lipinski definition) is 4. The van der Waals surface area contributed by atoms with E-state index >= 15 is 0 Å². The number of halogens is 1. The van der Waals surface area contributed by atoms with Gasteiger partial charge in [-0.2, -0.15) is 5.10 Å². The van der Waals surface area contributed by atoms with E-state index in [0.717, 1.165) is 31.0 Å². The van der Waals surface area contributed by atoms with Gasteiger partial charge in [0.25, 0.3) is 5.91 Å². The van der Waals surface area contributed by atoms with Gasteiger partial charge < -0.3 is 4.90 Å².